The number of aromatic nitrogens is 3. The molecule has 1 aliphatic rings. The van der Waals surface area contributed by atoms with Crippen LogP contribution in [0.3, 0.4) is 0 Å². The monoisotopic (exact) mass is 342 g/mol. The van der Waals surface area contributed by atoms with Crippen LogP contribution in [0, 0.1) is 13.8 Å². The van der Waals surface area contributed by atoms with E-state index in [4.69, 9.17) is 10.5 Å². The van der Waals surface area contributed by atoms with E-state index in [1.807, 2.05) is 19.3 Å². The normalized spacial score (nSPS) is 13.8. The molecule has 0 unspecified atom stereocenters. The van der Waals surface area contributed by atoms with Gasteiger partial charge in [0, 0.05) is 37.0 Å². The average Bonchev–Trinajstić information content (AvgIpc) is 2.59. The quantitative estimate of drug-likeness (QED) is 0.893. The SMILES string of the molecule is CCCN1CCN(Cc2ncc(C)c(OC)c2C)c2nc(N)ncc21. The average molecular weight is 342 g/mol. The van der Waals surface area contributed by atoms with E-state index in [-0.39, 0.29) is 0 Å². The third kappa shape index (κ3) is 3.31. The number of hydrogen-bond acceptors (Lipinski definition) is 7. The predicted octanol–water partition coefficient (Wildman–Crippen LogP) is 2.32. The standard InChI is InChI=1S/C18H26N6O/c1-5-6-23-7-8-24(17-15(23)10-21-18(19)22-17)11-14-13(3)16(25-4)12(2)9-20-14/h9-10H,5-8,11H2,1-4H3,(H2,19,21,22). The first-order valence-electron chi connectivity index (χ1n) is 8.66. The summed E-state index contributed by atoms with van der Waals surface area (Å²) in [4.78, 5) is 17.9. The lowest BCUT2D eigenvalue weighted by Gasteiger charge is -2.37. The van der Waals surface area contributed by atoms with Gasteiger partial charge in [-0.05, 0) is 20.3 Å². The molecule has 7 heteroatoms. The molecule has 3 rings (SSSR count). The van der Waals surface area contributed by atoms with Gasteiger partial charge in [-0.1, -0.05) is 6.92 Å². The highest BCUT2D eigenvalue weighted by Crippen LogP contribution is 2.33. The predicted molar refractivity (Wildman–Crippen MR) is 100 cm³/mol. The van der Waals surface area contributed by atoms with E-state index in [2.05, 4.69) is 38.6 Å². The van der Waals surface area contributed by atoms with Crippen molar-refractivity contribution in [1.82, 2.24) is 15.0 Å². The minimum Gasteiger partial charge on any atom is -0.496 e. The summed E-state index contributed by atoms with van der Waals surface area (Å²) in [5.41, 5.74) is 10.0. The number of ether oxygens (including phenoxy) is 1. The van der Waals surface area contributed by atoms with Crippen LogP contribution in [0.4, 0.5) is 17.5 Å². The van der Waals surface area contributed by atoms with Gasteiger partial charge in [-0.3, -0.25) is 4.98 Å². The minimum absolute atomic E-state index is 0.299. The maximum atomic E-state index is 5.85. The van der Waals surface area contributed by atoms with Gasteiger partial charge in [-0.25, -0.2) is 4.98 Å². The first-order chi connectivity index (χ1) is 12.0. The number of nitrogens with two attached hydrogens (primary N) is 1. The van der Waals surface area contributed by atoms with Crippen LogP contribution in [0.1, 0.15) is 30.2 Å². The van der Waals surface area contributed by atoms with E-state index in [0.717, 1.165) is 60.1 Å². The molecule has 0 aromatic carbocycles. The molecule has 2 N–H and O–H groups in total. The molecular formula is C18H26N6O. The lowest BCUT2D eigenvalue weighted by atomic mass is 10.1. The van der Waals surface area contributed by atoms with Gasteiger partial charge in [0.1, 0.15) is 5.75 Å². The molecule has 0 amide bonds. The fraction of sp³-hybridized carbons (Fsp3) is 0.500. The molecule has 1 aliphatic heterocycles. The fourth-order valence-corrected chi connectivity index (χ4v) is 3.37. The van der Waals surface area contributed by atoms with E-state index < -0.39 is 0 Å². The molecule has 0 spiro atoms. The van der Waals surface area contributed by atoms with Gasteiger partial charge in [0.05, 0.1) is 31.2 Å². The van der Waals surface area contributed by atoms with Crippen LogP contribution in [0.2, 0.25) is 0 Å². The Labute approximate surface area is 148 Å². The summed E-state index contributed by atoms with van der Waals surface area (Å²) in [5.74, 6) is 2.08. The molecule has 25 heavy (non-hydrogen) atoms. The van der Waals surface area contributed by atoms with E-state index in [1.165, 1.54) is 0 Å². The number of nitrogen functional groups attached to an aromatic ring is 1. The zero-order chi connectivity index (χ0) is 18.0. The Bertz CT molecular complexity index is 763. The Morgan fingerprint density at radius 3 is 2.64 bits per heavy atom. The van der Waals surface area contributed by atoms with Crippen LogP contribution in [-0.2, 0) is 6.54 Å². The highest BCUT2D eigenvalue weighted by atomic mass is 16.5. The van der Waals surface area contributed by atoms with E-state index in [0.29, 0.717) is 12.5 Å². The Hall–Kier alpha value is -2.57. The number of pyridine rings is 1. The minimum atomic E-state index is 0.299. The number of anilines is 3. The summed E-state index contributed by atoms with van der Waals surface area (Å²) in [7, 11) is 1.70. The number of methoxy groups -OCH3 is 1. The molecule has 2 aromatic rings. The zero-order valence-electron chi connectivity index (χ0n) is 15.4. The van der Waals surface area contributed by atoms with Crippen LogP contribution in [0.25, 0.3) is 0 Å². The van der Waals surface area contributed by atoms with Gasteiger partial charge < -0.3 is 20.3 Å². The van der Waals surface area contributed by atoms with Crippen molar-refractivity contribution in [2.45, 2.75) is 33.7 Å². The van der Waals surface area contributed by atoms with Gasteiger partial charge in [-0.15, -0.1) is 0 Å². The van der Waals surface area contributed by atoms with Gasteiger partial charge in [-0.2, -0.15) is 4.98 Å². The van der Waals surface area contributed by atoms with Crippen molar-refractivity contribution in [3.63, 3.8) is 0 Å². The van der Waals surface area contributed by atoms with Crippen LogP contribution < -0.4 is 20.3 Å². The van der Waals surface area contributed by atoms with Crippen LogP contribution in [0.15, 0.2) is 12.4 Å². The Morgan fingerprint density at radius 2 is 1.92 bits per heavy atom. The lowest BCUT2D eigenvalue weighted by Crippen LogP contribution is -2.42. The van der Waals surface area contributed by atoms with Crippen molar-refractivity contribution >= 4 is 17.5 Å². The summed E-state index contributed by atoms with van der Waals surface area (Å²) in [6, 6.07) is 0. The van der Waals surface area contributed by atoms with Gasteiger partial charge >= 0.3 is 0 Å². The third-order valence-electron chi connectivity index (χ3n) is 4.63. The summed E-state index contributed by atoms with van der Waals surface area (Å²) in [5, 5.41) is 0. The van der Waals surface area contributed by atoms with E-state index >= 15 is 0 Å². The van der Waals surface area contributed by atoms with Crippen molar-refractivity contribution in [2.75, 3.05) is 42.3 Å². The van der Waals surface area contributed by atoms with Crippen LogP contribution in [0.5, 0.6) is 5.75 Å². The van der Waals surface area contributed by atoms with Crippen LogP contribution >= 0.6 is 0 Å². The maximum Gasteiger partial charge on any atom is 0.222 e. The van der Waals surface area contributed by atoms with Crippen molar-refractivity contribution < 1.29 is 4.74 Å². The van der Waals surface area contributed by atoms with Gasteiger partial charge in [0.15, 0.2) is 5.82 Å². The zero-order valence-corrected chi connectivity index (χ0v) is 15.4. The summed E-state index contributed by atoms with van der Waals surface area (Å²) >= 11 is 0. The summed E-state index contributed by atoms with van der Waals surface area (Å²) in [6.07, 6.45) is 4.78. The van der Waals surface area contributed by atoms with E-state index in [9.17, 15) is 0 Å². The number of aryl methyl sites for hydroxylation is 1. The van der Waals surface area contributed by atoms with Gasteiger partial charge in [0.25, 0.3) is 0 Å². The first kappa shape index (κ1) is 17.3. The molecule has 0 bridgehead atoms. The molecular weight excluding hydrogens is 316 g/mol. The third-order valence-corrected chi connectivity index (χ3v) is 4.63. The molecule has 7 nitrogen and oxygen atoms in total. The molecule has 2 aromatic heterocycles. The second-order valence-electron chi connectivity index (χ2n) is 6.39. The second kappa shape index (κ2) is 7.13. The molecule has 0 saturated heterocycles. The molecule has 0 aliphatic carbocycles. The Kier molecular flexibility index (Phi) is 4.92. The number of nitrogens with zero attached hydrogens (tertiary/aromatic N) is 5. The van der Waals surface area contributed by atoms with E-state index in [1.54, 1.807) is 7.11 Å². The first-order valence-corrected chi connectivity index (χ1v) is 8.66. The molecule has 0 atom stereocenters. The van der Waals surface area contributed by atoms with Crippen molar-refractivity contribution in [2.24, 2.45) is 0 Å². The number of hydrogen-bond donors (Lipinski definition) is 1. The van der Waals surface area contributed by atoms with Crippen molar-refractivity contribution in [1.29, 1.82) is 0 Å². The largest absolute Gasteiger partial charge is 0.496 e. The van der Waals surface area contributed by atoms with Gasteiger partial charge in [0.2, 0.25) is 5.95 Å². The molecule has 0 radical (unpaired) electrons. The highest BCUT2D eigenvalue weighted by Gasteiger charge is 2.25. The Morgan fingerprint density at radius 1 is 1.16 bits per heavy atom. The molecule has 134 valence electrons. The topological polar surface area (TPSA) is 80.4 Å². The maximum absolute atomic E-state index is 5.85. The fourth-order valence-electron chi connectivity index (χ4n) is 3.37. The second-order valence-corrected chi connectivity index (χ2v) is 6.39. The summed E-state index contributed by atoms with van der Waals surface area (Å²) < 4.78 is 5.53. The highest BCUT2D eigenvalue weighted by molar-refractivity contribution is 5.69. The molecule has 0 fully saturated rings. The smallest absolute Gasteiger partial charge is 0.222 e. The number of fused-ring (bicyclic) bond motifs is 1. The number of rotatable bonds is 5. The van der Waals surface area contributed by atoms with Crippen molar-refractivity contribution in [3.05, 3.63) is 29.2 Å². The van der Waals surface area contributed by atoms with Crippen LogP contribution in [-0.4, -0.2) is 41.7 Å². The molecule has 3 heterocycles. The molecule has 0 saturated carbocycles. The Balaban J connectivity index is 1.94. The summed E-state index contributed by atoms with van der Waals surface area (Å²) in [6.45, 7) is 9.72. The lowest BCUT2D eigenvalue weighted by molar-refractivity contribution is 0.406. The van der Waals surface area contributed by atoms with Crippen molar-refractivity contribution in [3.8, 4) is 5.75 Å².